The van der Waals surface area contributed by atoms with Crippen LogP contribution in [-0.4, -0.2) is 39.9 Å². The topological polar surface area (TPSA) is 57.6 Å². The molecule has 4 nitrogen and oxygen atoms in total. The van der Waals surface area contributed by atoms with Crippen LogP contribution in [0.5, 0.6) is 0 Å². The van der Waals surface area contributed by atoms with Gasteiger partial charge in [-0.1, -0.05) is 33.1 Å². The van der Waals surface area contributed by atoms with Gasteiger partial charge in [-0.25, -0.2) is 0 Å². The van der Waals surface area contributed by atoms with Crippen molar-refractivity contribution in [1.29, 1.82) is 0 Å². The van der Waals surface area contributed by atoms with E-state index in [2.05, 4.69) is 13.2 Å². The van der Waals surface area contributed by atoms with Crippen LogP contribution in [0.1, 0.15) is 33.1 Å². The molecule has 0 aliphatic carbocycles. The highest BCUT2D eigenvalue weighted by atomic mass is 32.2. The number of carbonyl (C=O) groups is 2. The Balaban J connectivity index is 0.00000116. The third-order valence-electron chi connectivity index (χ3n) is 4.03. The standard InChI is InChI=1S/C15H19NO3S.C2H6/c1-3-11-12(4-2)16(8-5-13(17)18)14(19)15(11)6-9-20-10-7-15;1-2/h3-4H,1-2,5-10H2,(H,17,18);1-2H3. The molecule has 0 saturated carbocycles. The first-order valence-electron chi connectivity index (χ1n) is 7.68. The van der Waals surface area contributed by atoms with Crippen molar-refractivity contribution in [2.75, 3.05) is 18.1 Å². The third-order valence-corrected chi connectivity index (χ3v) is 5.02. The summed E-state index contributed by atoms with van der Waals surface area (Å²) in [5.41, 5.74) is 1.15. The van der Waals surface area contributed by atoms with E-state index in [9.17, 15) is 9.59 Å². The van der Waals surface area contributed by atoms with Crippen LogP contribution in [-0.2, 0) is 9.59 Å². The van der Waals surface area contributed by atoms with Crippen molar-refractivity contribution >= 4 is 23.6 Å². The molecule has 0 aromatic heterocycles. The summed E-state index contributed by atoms with van der Waals surface area (Å²) < 4.78 is 0. The number of rotatable bonds is 5. The zero-order valence-corrected chi connectivity index (χ0v) is 14.2. The van der Waals surface area contributed by atoms with Gasteiger partial charge in [-0.15, -0.1) is 0 Å². The van der Waals surface area contributed by atoms with Gasteiger partial charge >= 0.3 is 5.97 Å². The smallest absolute Gasteiger partial charge is 0.305 e. The van der Waals surface area contributed by atoms with Crippen molar-refractivity contribution in [2.24, 2.45) is 5.41 Å². The maximum atomic E-state index is 12.8. The van der Waals surface area contributed by atoms with Crippen molar-refractivity contribution in [3.63, 3.8) is 0 Å². The first-order valence-corrected chi connectivity index (χ1v) is 8.83. The molecular formula is C17H25NO3S. The summed E-state index contributed by atoms with van der Waals surface area (Å²) in [6.45, 7) is 11.8. The molecule has 2 rings (SSSR count). The highest BCUT2D eigenvalue weighted by molar-refractivity contribution is 7.99. The van der Waals surface area contributed by atoms with Crippen LogP contribution in [0.2, 0.25) is 0 Å². The minimum absolute atomic E-state index is 0.0175. The molecule has 2 aliphatic rings. The quantitative estimate of drug-likeness (QED) is 0.841. The number of allylic oxidation sites excluding steroid dienone is 2. The normalized spacial score (nSPS) is 19.7. The predicted molar refractivity (Wildman–Crippen MR) is 91.7 cm³/mol. The molecule has 1 amide bonds. The summed E-state index contributed by atoms with van der Waals surface area (Å²) in [6.07, 6.45) is 4.91. The first-order chi connectivity index (χ1) is 10.6. The van der Waals surface area contributed by atoms with E-state index in [0.29, 0.717) is 0 Å². The molecule has 2 heterocycles. The van der Waals surface area contributed by atoms with E-state index < -0.39 is 11.4 Å². The lowest BCUT2D eigenvalue weighted by atomic mass is 9.75. The Morgan fingerprint density at radius 3 is 2.36 bits per heavy atom. The SMILES string of the molecule is C=CC1=C(C=C)C2(CCSCC2)C(=O)N1CCC(=O)O.CC. The summed E-state index contributed by atoms with van der Waals surface area (Å²) in [5, 5.41) is 8.84. The monoisotopic (exact) mass is 323 g/mol. The minimum atomic E-state index is -0.901. The number of aliphatic carboxylic acids is 1. The number of carbonyl (C=O) groups excluding carboxylic acids is 1. The fourth-order valence-corrected chi connectivity index (χ4v) is 4.22. The Morgan fingerprint density at radius 1 is 1.32 bits per heavy atom. The molecule has 5 heteroatoms. The molecule has 0 atom stereocenters. The number of hydrogen-bond acceptors (Lipinski definition) is 3. The molecule has 0 aromatic carbocycles. The average molecular weight is 323 g/mol. The van der Waals surface area contributed by atoms with Gasteiger partial charge in [0.2, 0.25) is 5.91 Å². The second kappa shape index (κ2) is 8.22. The second-order valence-electron chi connectivity index (χ2n) is 5.00. The van der Waals surface area contributed by atoms with E-state index >= 15 is 0 Å². The molecule has 2 aliphatic heterocycles. The van der Waals surface area contributed by atoms with Crippen molar-refractivity contribution in [3.8, 4) is 0 Å². The number of carboxylic acids is 1. The molecule has 122 valence electrons. The molecule has 22 heavy (non-hydrogen) atoms. The lowest BCUT2D eigenvalue weighted by Gasteiger charge is -2.33. The van der Waals surface area contributed by atoms with Crippen LogP contribution in [0.15, 0.2) is 36.6 Å². The summed E-state index contributed by atoms with van der Waals surface area (Å²) in [7, 11) is 0. The molecule has 1 fully saturated rings. The summed E-state index contributed by atoms with van der Waals surface area (Å²) in [4.78, 5) is 25.2. The van der Waals surface area contributed by atoms with Crippen LogP contribution in [0.3, 0.4) is 0 Å². The highest BCUT2D eigenvalue weighted by Crippen LogP contribution is 2.49. The van der Waals surface area contributed by atoms with Gasteiger partial charge in [-0.3, -0.25) is 9.59 Å². The van der Waals surface area contributed by atoms with E-state index in [1.807, 2.05) is 25.6 Å². The van der Waals surface area contributed by atoms with Gasteiger partial charge in [0.1, 0.15) is 0 Å². The Morgan fingerprint density at radius 2 is 1.91 bits per heavy atom. The Bertz CT molecular complexity index is 490. The zero-order chi connectivity index (χ0) is 16.8. The lowest BCUT2D eigenvalue weighted by Crippen LogP contribution is -2.40. The van der Waals surface area contributed by atoms with E-state index in [1.54, 1.807) is 17.1 Å². The first kappa shape index (κ1) is 18.6. The summed E-state index contributed by atoms with van der Waals surface area (Å²) in [5.74, 6) is 1.01. The maximum Gasteiger partial charge on any atom is 0.305 e. The second-order valence-corrected chi connectivity index (χ2v) is 6.23. The number of amides is 1. The van der Waals surface area contributed by atoms with Crippen molar-refractivity contribution in [3.05, 3.63) is 36.6 Å². The van der Waals surface area contributed by atoms with Crippen LogP contribution in [0.25, 0.3) is 0 Å². The van der Waals surface area contributed by atoms with Crippen LogP contribution in [0, 0.1) is 5.41 Å². The molecule has 0 radical (unpaired) electrons. The van der Waals surface area contributed by atoms with Crippen molar-refractivity contribution < 1.29 is 14.7 Å². The van der Waals surface area contributed by atoms with Gasteiger partial charge in [-0.2, -0.15) is 11.8 Å². The highest BCUT2D eigenvalue weighted by Gasteiger charge is 2.50. The third kappa shape index (κ3) is 3.29. The van der Waals surface area contributed by atoms with Gasteiger partial charge in [0.25, 0.3) is 0 Å². The van der Waals surface area contributed by atoms with Gasteiger partial charge in [0.05, 0.1) is 11.8 Å². The molecular weight excluding hydrogens is 298 g/mol. The van der Waals surface area contributed by atoms with Crippen molar-refractivity contribution in [1.82, 2.24) is 4.90 Å². The number of hydrogen-bond donors (Lipinski definition) is 1. The van der Waals surface area contributed by atoms with Crippen LogP contribution in [0.4, 0.5) is 0 Å². The fourth-order valence-electron chi connectivity index (χ4n) is 3.03. The predicted octanol–water partition coefficient (Wildman–Crippen LogP) is 3.47. The lowest BCUT2D eigenvalue weighted by molar-refractivity contribution is -0.139. The van der Waals surface area contributed by atoms with Crippen LogP contribution < -0.4 is 0 Å². The van der Waals surface area contributed by atoms with E-state index in [1.165, 1.54) is 0 Å². The molecule has 0 unspecified atom stereocenters. The zero-order valence-electron chi connectivity index (χ0n) is 13.4. The Kier molecular flexibility index (Phi) is 6.94. The minimum Gasteiger partial charge on any atom is -0.481 e. The van der Waals surface area contributed by atoms with Gasteiger partial charge in [0.15, 0.2) is 0 Å². The van der Waals surface area contributed by atoms with E-state index in [-0.39, 0.29) is 18.9 Å². The number of carboxylic acid groups (broad SMARTS) is 1. The van der Waals surface area contributed by atoms with E-state index in [4.69, 9.17) is 5.11 Å². The molecule has 0 aromatic rings. The summed E-state index contributed by atoms with van der Waals surface area (Å²) in [6, 6.07) is 0. The molecule has 1 spiro atoms. The van der Waals surface area contributed by atoms with Gasteiger partial charge in [0, 0.05) is 12.2 Å². The molecule has 1 N–H and O–H groups in total. The van der Waals surface area contributed by atoms with Crippen molar-refractivity contribution in [2.45, 2.75) is 33.1 Å². The fraction of sp³-hybridized carbons (Fsp3) is 0.529. The Labute approximate surface area is 137 Å². The van der Waals surface area contributed by atoms with Gasteiger partial charge in [-0.05, 0) is 36.0 Å². The molecule has 0 bridgehead atoms. The van der Waals surface area contributed by atoms with Gasteiger partial charge < -0.3 is 10.0 Å². The average Bonchev–Trinajstić information content (AvgIpc) is 2.76. The number of nitrogens with zero attached hydrogens (tertiary/aromatic N) is 1. The van der Waals surface area contributed by atoms with E-state index in [0.717, 1.165) is 35.6 Å². The summed E-state index contributed by atoms with van der Waals surface area (Å²) >= 11 is 1.85. The Hall–Kier alpha value is -1.49. The van der Waals surface area contributed by atoms with Crippen LogP contribution >= 0.6 is 11.8 Å². The number of thioether (sulfide) groups is 1. The molecule has 1 saturated heterocycles. The largest absolute Gasteiger partial charge is 0.481 e. The maximum absolute atomic E-state index is 12.8.